The molecule has 0 saturated heterocycles. The number of hydrogen-bond acceptors (Lipinski definition) is 3. The summed E-state index contributed by atoms with van der Waals surface area (Å²) in [5, 5.41) is 14.3. The average molecular weight is 504 g/mol. The van der Waals surface area contributed by atoms with Gasteiger partial charge in [-0.05, 0) is 30.7 Å². The smallest absolute Gasteiger partial charge is 0.194 e. The standard InChI is InChI=1S/C20H26ClN3O2.HI/c1-4-22-20(23-13-18(25)15-9-11-17(21)12-10-15)24(2)14-16-7-5-6-8-19(16)26-3;/h5-12,18,25H,4,13-14H2,1-3H3,(H,22,23);1H. The van der Waals surface area contributed by atoms with Crippen molar-refractivity contribution in [2.24, 2.45) is 4.99 Å². The van der Waals surface area contributed by atoms with E-state index in [1.165, 1.54) is 0 Å². The molecule has 7 heteroatoms. The second-order valence-corrected chi connectivity index (χ2v) is 6.37. The highest BCUT2D eigenvalue weighted by Gasteiger charge is 2.12. The minimum atomic E-state index is -0.680. The van der Waals surface area contributed by atoms with Crippen LogP contribution in [0.1, 0.15) is 24.2 Å². The van der Waals surface area contributed by atoms with Crippen molar-refractivity contribution in [1.82, 2.24) is 10.2 Å². The third kappa shape index (κ3) is 7.20. The van der Waals surface area contributed by atoms with Crippen LogP contribution in [0, 0.1) is 0 Å². The first-order valence-corrected chi connectivity index (χ1v) is 8.97. The maximum atomic E-state index is 10.4. The van der Waals surface area contributed by atoms with Gasteiger partial charge >= 0.3 is 0 Å². The number of aliphatic hydroxyl groups is 1. The van der Waals surface area contributed by atoms with Crippen LogP contribution in [-0.4, -0.2) is 43.2 Å². The van der Waals surface area contributed by atoms with Crippen molar-refractivity contribution in [1.29, 1.82) is 0 Å². The lowest BCUT2D eigenvalue weighted by atomic mass is 10.1. The number of hydrogen-bond donors (Lipinski definition) is 2. The van der Waals surface area contributed by atoms with Gasteiger partial charge in [-0.3, -0.25) is 4.99 Å². The predicted molar refractivity (Wildman–Crippen MR) is 122 cm³/mol. The zero-order valence-corrected chi connectivity index (χ0v) is 18.9. The molecular formula is C20H27ClIN3O2. The number of nitrogens with zero attached hydrogens (tertiary/aromatic N) is 2. The van der Waals surface area contributed by atoms with Crippen LogP contribution >= 0.6 is 35.6 Å². The first-order chi connectivity index (χ1) is 12.5. The number of nitrogens with one attached hydrogen (secondary N) is 1. The number of halogens is 2. The predicted octanol–water partition coefficient (Wildman–Crippen LogP) is 4.10. The Morgan fingerprint density at radius 3 is 2.52 bits per heavy atom. The quantitative estimate of drug-likeness (QED) is 0.339. The molecule has 0 radical (unpaired) electrons. The van der Waals surface area contributed by atoms with E-state index in [4.69, 9.17) is 16.3 Å². The summed E-state index contributed by atoms with van der Waals surface area (Å²) in [6.07, 6.45) is -0.680. The summed E-state index contributed by atoms with van der Waals surface area (Å²) in [5.74, 6) is 1.57. The molecule has 0 aliphatic rings. The minimum Gasteiger partial charge on any atom is -0.496 e. The number of para-hydroxylation sites is 1. The third-order valence-electron chi connectivity index (χ3n) is 3.97. The molecule has 0 saturated carbocycles. The molecule has 0 aromatic heterocycles. The molecule has 2 N–H and O–H groups in total. The SMILES string of the molecule is CCNC(=NCC(O)c1ccc(Cl)cc1)N(C)Cc1ccccc1OC.I. The molecule has 1 unspecified atom stereocenters. The molecule has 1 atom stereocenters. The monoisotopic (exact) mass is 503 g/mol. The summed E-state index contributed by atoms with van der Waals surface area (Å²) < 4.78 is 5.41. The number of benzene rings is 2. The van der Waals surface area contributed by atoms with E-state index in [1.54, 1.807) is 19.2 Å². The highest BCUT2D eigenvalue weighted by Crippen LogP contribution is 2.19. The van der Waals surface area contributed by atoms with E-state index in [0.29, 0.717) is 11.6 Å². The molecule has 2 aromatic rings. The summed E-state index contributed by atoms with van der Waals surface area (Å²) in [6, 6.07) is 15.1. The number of rotatable bonds is 7. The van der Waals surface area contributed by atoms with Crippen molar-refractivity contribution in [3.63, 3.8) is 0 Å². The van der Waals surface area contributed by atoms with Gasteiger partial charge in [0.25, 0.3) is 0 Å². The second kappa shape index (κ2) is 12.0. The van der Waals surface area contributed by atoms with Crippen molar-refractivity contribution in [3.8, 4) is 5.75 Å². The van der Waals surface area contributed by atoms with Crippen molar-refractivity contribution in [2.75, 3.05) is 27.2 Å². The van der Waals surface area contributed by atoms with Gasteiger partial charge in [0.15, 0.2) is 5.96 Å². The zero-order chi connectivity index (χ0) is 18.9. The Bertz CT molecular complexity index is 725. The van der Waals surface area contributed by atoms with Gasteiger partial charge in [-0.25, -0.2) is 0 Å². The van der Waals surface area contributed by atoms with E-state index >= 15 is 0 Å². The van der Waals surface area contributed by atoms with Crippen molar-refractivity contribution >= 4 is 41.5 Å². The van der Waals surface area contributed by atoms with E-state index in [2.05, 4.69) is 10.3 Å². The van der Waals surface area contributed by atoms with Gasteiger partial charge in [0.05, 0.1) is 19.8 Å². The van der Waals surface area contributed by atoms with Gasteiger partial charge in [-0.15, -0.1) is 24.0 Å². The second-order valence-electron chi connectivity index (χ2n) is 5.93. The molecular weight excluding hydrogens is 477 g/mol. The Balaban J connectivity index is 0.00000364. The molecule has 0 fully saturated rings. The number of methoxy groups -OCH3 is 1. The molecule has 0 bridgehead atoms. The Hall–Kier alpha value is -1.51. The van der Waals surface area contributed by atoms with E-state index in [9.17, 15) is 5.11 Å². The summed E-state index contributed by atoms with van der Waals surface area (Å²) in [7, 11) is 3.63. The third-order valence-corrected chi connectivity index (χ3v) is 4.22. The number of guanidine groups is 1. The van der Waals surface area contributed by atoms with Crippen LogP contribution in [0.2, 0.25) is 5.02 Å². The van der Waals surface area contributed by atoms with E-state index in [-0.39, 0.29) is 30.5 Å². The van der Waals surface area contributed by atoms with Crippen LogP contribution < -0.4 is 10.1 Å². The lowest BCUT2D eigenvalue weighted by molar-refractivity contribution is 0.186. The highest BCUT2D eigenvalue weighted by atomic mass is 127. The van der Waals surface area contributed by atoms with Crippen LogP contribution in [0.4, 0.5) is 0 Å². The van der Waals surface area contributed by atoms with Gasteiger partial charge in [0, 0.05) is 30.7 Å². The molecule has 0 spiro atoms. The maximum absolute atomic E-state index is 10.4. The number of ether oxygens (including phenoxy) is 1. The molecule has 0 aliphatic heterocycles. The molecule has 27 heavy (non-hydrogen) atoms. The lowest BCUT2D eigenvalue weighted by Crippen LogP contribution is -2.38. The molecule has 148 valence electrons. The summed E-state index contributed by atoms with van der Waals surface area (Å²) in [5.41, 5.74) is 1.86. The summed E-state index contributed by atoms with van der Waals surface area (Å²) >= 11 is 5.89. The maximum Gasteiger partial charge on any atom is 0.194 e. The normalized spacial score (nSPS) is 12.1. The average Bonchev–Trinajstić information content (AvgIpc) is 2.65. The summed E-state index contributed by atoms with van der Waals surface area (Å²) in [6.45, 7) is 3.67. The van der Waals surface area contributed by atoms with Crippen LogP contribution in [-0.2, 0) is 6.54 Å². The van der Waals surface area contributed by atoms with Gasteiger partial charge in [-0.1, -0.05) is 41.9 Å². The Labute approximate surface area is 183 Å². The van der Waals surface area contributed by atoms with Gasteiger partial charge in [-0.2, -0.15) is 0 Å². The molecule has 0 aliphatic carbocycles. The molecule has 2 rings (SSSR count). The fourth-order valence-corrected chi connectivity index (χ4v) is 2.72. The van der Waals surface area contributed by atoms with Crippen molar-refractivity contribution in [2.45, 2.75) is 19.6 Å². The van der Waals surface area contributed by atoms with E-state index < -0.39 is 6.10 Å². The zero-order valence-electron chi connectivity index (χ0n) is 15.9. The van der Waals surface area contributed by atoms with Crippen LogP contribution in [0.15, 0.2) is 53.5 Å². The van der Waals surface area contributed by atoms with E-state index in [0.717, 1.165) is 29.4 Å². The van der Waals surface area contributed by atoms with Crippen LogP contribution in [0.25, 0.3) is 0 Å². The van der Waals surface area contributed by atoms with Crippen molar-refractivity contribution < 1.29 is 9.84 Å². The topological polar surface area (TPSA) is 57.1 Å². The number of aliphatic imine (C=N–C) groups is 1. The fraction of sp³-hybridized carbons (Fsp3) is 0.350. The minimum absolute atomic E-state index is 0. The Morgan fingerprint density at radius 1 is 1.22 bits per heavy atom. The largest absolute Gasteiger partial charge is 0.496 e. The van der Waals surface area contributed by atoms with E-state index in [1.807, 2.05) is 55.3 Å². The van der Waals surface area contributed by atoms with Crippen LogP contribution in [0.5, 0.6) is 5.75 Å². The Morgan fingerprint density at radius 2 is 1.89 bits per heavy atom. The van der Waals surface area contributed by atoms with Gasteiger partial charge in [0.2, 0.25) is 0 Å². The molecule has 2 aromatic carbocycles. The number of aliphatic hydroxyl groups excluding tert-OH is 1. The Kier molecular flexibility index (Phi) is 10.5. The molecule has 5 nitrogen and oxygen atoms in total. The first kappa shape index (κ1) is 23.5. The van der Waals surface area contributed by atoms with Gasteiger partial charge in [0.1, 0.15) is 5.75 Å². The molecule has 0 amide bonds. The summed E-state index contributed by atoms with van der Waals surface area (Å²) in [4.78, 5) is 6.58. The highest BCUT2D eigenvalue weighted by molar-refractivity contribution is 14.0. The first-order valence-electron chi connectivity index (χ1n) is 8.60. The van der Waals surface area contributed by atoms with Crippen molar-refractivity contribution in [3.05, 3.63) is 64.7 Å². The van der Waals surface area contributed by atoms with Gasteiger partial charge < -0.3 is 20.1 Å². The lowest BCUT2D eigenvalue weighted by Gasteiger charge is -2.23. The van der Waals surface area contributed by atoms with Crippen LogP contribution in [0.3, 0.4) is 0 Å². The fourth-order valence-electron chi connectivity index (χ4n) is 2.60. The molecule has 0 heterocycles.